The summed E-state index contributed by atoms with van der Waals surface area (Å²) in [5, 5.41) is 4.29. The van der Waals surface area contributed by atoms with Crippen molar-refractivity contribution in [2.45, 2.75) is 71.3 Å². The van der Waals surface area contributed by atoms with Crippen LogP contribution in [0.5, 0.6) is 5.75 Å². The number of benzene rings is 2. The quantitative estimate of drug-likeness (QED) is 0.521. The van der Waals surface area contributed by atoms with Gasteiger partial charge in [-0.3, -0.25) is 4.79 Å². The van der Waals surface area contributed by atoms with Crippen LogP contribution in [0.3, 0.4) is 0 Å². The number of carbonyl (C=O) groups is 1. The van der Waals surface area contributed by atoms with Crippen molar-refractivity contribution in [3.8, 4) is 5.75 Å². The van der Waals surface area contributed by atoms with Crippen molar-refractivity contribution in [2.24, 2.45) is 0 Å². The molecule has 2 aromatic rings. The van der Waals surface area contributed by atoms with Gasteiger partial charge in [-0.2, -0.15) is 0 Å². The molecule has 5 heteroatoms. The molecular weight excluding hydrogens is 405 g/mol. The molecule has 0 aromatic heterocycles. The van der Waals surface area contributed by atoms with Crippen LogP contribution in [0.2, 0.25) is 10.0 Å². The van der Waals surface area contributed by atoms with Crippen LogP contribution in [-0.2, 0) is 10.2 Å². The molecule has 0 unspecified atom stereocenters. The summed E-state index contributed by atoms with van der Waals surface area (Å²) in [4.78, 5) is 13.5. The van der Waals surface area contributed by atoms with Gasteiger partial charge in [0.05, 0.1) is 11.5 Å². The van der Waals surface area contributed by atoms with Crippen LogP contribution in [0.25, 0.3) is 0 Å². The standard InChI is InChI=1S/C24H29Cl2NO2/c1-5-17(4)29-22-15(2)12-19(13-16(22)3)27-23(28)24(10-6-7-11-24)20-9-8-18(25)14-21(20)26/h8-9,12-14,17H,5-7,10-11H2,1-4H3,(H,27,28)/t17-/m1/s1. The summed E-state index contributed by atoms with van der Waals surface area (Å²) in [5.41, 5.74) is 3.08. The predicted octanol–water partition coefficient (Wildman–Crippen LogP) is 7.24. The Morgan fingerprint density at radius 2 is 1.76 bits per heavy atom. The molecule has 29 heavy (non-hydrogen) atoms. The molecule has 156 valence electrons. The monoisotopic (exact) mass is 433 g/mol. The Morgan fingerprint density at radius 3 is 2.31 bits per heavy atom. The van der Waals surface area contributed by atoms with Crippen LogP contribution in [-0.4, -0.2) is 12.0 Å². The van der Waals surface area contributed by atoms with Gasteiger partial charge in [0.25, 0.3) is 0 Å². The third-order valence-corrected chi connectivity index (χ3v) is 6.50. The van der Waals surface area contributed by atoms with E-state index in [-0.39, 0.29) is 12.0 Å². The Labute approximate surface area is 183 Å². The minimum absolute atomic E-state index is 0.00591. The first kappa shape index (κ1) is 22.0. The van der Waals surface area contributed by atoms with Gasteiger partial charge >= 0.3 is 0 Å². The first-order valence-corrected chi connectivity index (χ1v) is 11.1. The molecule has 1 amide bonds. The molecular formula is C24H29Cl2NO2. The lowest BCUT2D eigenvalue weighted by molar-refractivity contribution is -0.121. The van der Waals surface area contributed by atoms with Crippen LogP contribution < -0.4 is 10.1 Å². The smallest absolute Gasteiger partial charge is 0.235 e. The van der Waals surface area contributed by atoms with Crippen molar-refractivity contribution in [1.29, 1.82) is 0 Å². The summed E-state index contributed by atoms with van der Waals surface area (Å²) in [6.07, 6.45) is 4.68. The highest BCUT2D eigenvalue weighted by atomic mass is 35.5. The normalized spacial score (nSPS) is 16.5. The summed E-state index contributed by atoms with van der Waals surface area (Å²) in [6.45, 7) is 8.20. The van der Waals surface area contributed by atoms with E-state index < -0.39 is 5.41 Å². The van der Waals surface area contributed by atoms with Crippen molar-refractivity contribution in [2.75, 3.05) is 5.32 Å². The topological polar surface area (TPSA) is 38.3 Å². The second-order valence-corrected chi connectivity index (χ2v) is 8.99. The fraction of sp³-hybridized carbons (Fsp3) is 0.458. The highest BCUT2D eigenvalue weighted by molar-refractivity contribution is 6.35. The second-order valence-electron chi connectivity index (χ2n) is 8.14. The maximum absolute atomic E-state index is 13.5. The Bertz CT molecular complexity index is 881. The lowest BCUT2D eigenvalue weighted by Gasteiger charge is -2.29. The number of hydrogen-bond donors (Lipinski definition) is 1. The lowest BCUT2D eigenvalue weighted by Crippen LogP contribution is -2.38. The van der Waals surface area contributed by atoms with Gasteiger partial charge in [0.15, 0.2) is 0 Å². The van der Waals surface area contributed by atoms with Gasteiger partial charge in [0, 0.05) is 15.7 Å². The predicted molar refractivity (Wildman–Crippen MR) is 122 cm³/mol. The van der Waals surface area contributed by atoms with Gasteiger partial charge in [0.2, 0.25) is 5.91 Å². The number of rotatable bonds is 6. The number of ether oxygens (including phenoxy) is 1. The number of carbonyl (C=O) groups excluding carboxylic acids is 1. The molecule has 1 aliphatic rings. The average Bonchev–Trinajstić information content (AvgIpc) is 3.15. The molecule has 0 aliphatic heterocycles. The Hall–Kier alpha value is -1.71. The first-order chi connectivity index (χ1) is 13.8. The summed E-state index contributed by atoms with van der Waals surface area (Å²) >= 11 is 12.6. The minimum atomic E-state index is -0.616. The van der Waals surface area contributed by atoms with E-state index in [0.717, 1.165) is 60.2 Å². The van der Waals surface area contributed by atoms with Gasteiger partial charge in [-0.25, -0.2) is 0 Å². The van der Waals surface area contributed by atoms with E-state index in [1.54, 1.807) is 6.07 Å². The average molecular weight is 434 g/mol. The molecule has 3 rings (SSSR count). The van der Waals surface area contributed by atoms with Crippen molar-refractivity contribution in [1.82, 2.24) is 0 Å². The molecule has 0 bridgehead atoms. The van der Waals surface area contributed by atoms with E-state index in [2.05, 4.69) is 19.2 Å². The van der Waals surface area contributed by atoms with Crippen molar-refractivity contribution in [3.63, 3.8) is 0 Å². The second kappa shape index (κ2) is 8.97. The van der Waals surface area contributed by atoms with E-state index in [9.17, 15) is 4.79 Å². The zero-order valence-electron chi connectivity index (χ0n) is 17.6. The summed E-state index contributed by atoms with van der Waals surface area (Å²) in [7, 11) is 0. The van der Waals surface area contributed by atoms with Gasteiger partial charge in [-0.05, 0) is 81.0 Å². The maximum atomic E-state index is 13.5. The molecule has 1 saturated carbocycles. The largest absolute Gasteiger partial charge is 0.490 e. The number of amides is 1. The Morgan fingerprint density at radius 1 is 1.14 bits per heavy atom. The number of hydrogen-bond acceptors (Lipinski definition) is 2. The third-order valence-electron chi connectivity index (χ3n) is 5.95. The Balaban J connectivity index is 1.89. The molecule has 1 atom stereocenters. The number of anilines is 1. The Kier molecular flexibility index (Phi) is 6.80. The van der Waals surface area contributed by atoms with E-state index >= 15 is 0 Å². The van der Waals surface area contributed by atoms with E-state index in [1.807, 2.05) is 38.1 Å². The summed E-state index contributed by atoms with van der Waals surface area (Å²) < 4.78 is 6.06. The van der Waals surface area contributed by atoms with Crippen molar-refractivity contribution < 1.29 is 9.53 Å². The molecule has 3 nitrogen and oxygen atoms in total. The van der Waals surface area contributed by atoms with Gasteiger partial charge in [-0.1, -0.05) is 49.0 Å². The molecule has 2 aromatic carbocycles. The molecule has 0 saturated heterocycles. The highest BCUT2D eigenvalue weighted by Gasteiger charge is 2.44. The third kappa shape index (κ3) is 4.57. The molecule has 1 fully saturated rings. The fourth-order valence-corrected chi connectivity index (χ4v) is 4.81. The molecule has 0 radical (unpaired) electrons. The van der Waals surface area contributed by atoms with Crippen LogP contribution in [0.1, 0.15) is 62.6 Å². The maximum Gasteiger partial charge on any atom is 0.235 e. The molecule has 0 heterocycles. The van der Waals surface area contributed by atoms with E-state index in [1.165, 1.54) is 0 Å². The number of aryl methyl sites for hydroxylation is 2. The molecule has 1 aliphatic carbocycles. The van der Waals surface area contributed by atoms with Gasteiger partial charge in [-0.15, -0.1) is 0 Å². The summed E-state index contributed by atoms with van der Waals surface area (Å²) in [5.74, 6) is 0.891. The fourth-order valence-electron chi connectivity index (χ4n) is 4.22. The van der Waals surface area contributed by atoms with Crippen LogP contribution >= 0.6 is 23.2 Å². The minimum Gasteiger partial charge on any atom is -0.490 e. The van der Waals surface area contributed by atoms with Crippen LogP contribution in [0, 0.1) is 13.8 Å². The zero-order chi connectivity index (χ0) is 21.2. The summed E-state index contributed by atoms with van der Waals surface area (Å²) in [6, 6.07) is 9.39. The first-order valence-electron chi connectivity index (χ1n) is 10.3. The van der Waals surface area contributed by atoms with Crippen molar-refractivity contribution >= 4 is 34.8 Å². The van der Waals surface area contributed by atoms with Crippen molar-refractivity contribution in [3.05, 3.63) is 57.1 Å². The van der Waals surface area contributed by atoms with Gasteiger partial charge in [0.1, 0.15) is 5.75 Å². The SMILES string of the molecule is CC[C@@H](C)Oc1c(C)cc(NC(=O)C2(c3ccc(Cl)cc3Cl)CCCC2)cc1C. The number of nitrogens with one attached hydrogen (secondary N) is 1. The van der Waals surface area contributed by atoms with Gasteiger partial charge < -0.3 is 10.1 Å². The van der Waals surface area contributed by atoms with E-state index in [0.29, 0.717) is 10.0 Å². The van der Waals surface area contributed by atoms with E-state index in [4.69, 9.17) is 27.9 Å². The van der Waals surface area contributed by atoms with Crippen LogP contribution in [0.15, 0.2) is 30.3 Å². The molecule has 0 spiro atoms. The zero-order valence-corrected chi connectivity index (χ0v) is 19.1. The molecule has 1 N–H and O–H groups in total. The lowest BCUT2D eigenvalue weighted by atomic mass is 9.78. The number of halogens is 2. The van der Waals surface area contributed by atoms with Crippen LogP contribution in [0.4, 0.5) is 5.69 Å². The highest BCUT2D eigenvalue weighted by Crippen LogP contribution is 2.45.